The molecule has 0 amide bonds. The van der Waals surface area contributed by atoms with Gasteiger partial charge in [-0.15, -0.1) is 0 Å². The SMILES string of the molecule is CCCCCCC/C=C\C/C=C\CCCCCCCCCCCCCCCCCCCCCCCC(=O)OC(COC(=O)CCCCCCCCCCCCCCCCCCCCCCCCCCCCCCCCCC)COC(OCC[N+](C)(C)C)C(=O)O. The van der Waals surface area contributed by atoms with Crippen molar-refractivity contribution in [3.05, 3.63) is 24.3 Å². The fraction of sp³-hybridized carbons (Fsp3) is 0.914. The molecule has 0 fully saturated rings. The second-order valence-electron chi connectivity index (χ2n) is 28.7. The molecule has 0 saturated heterocycles. The Kier molecular flexibility index (Phi) is 70.8. The highest BCUT2D eigenvalue weighted by Crippen LogP contribution is 2.20. The van der Waals surface area contributed by atoms with Gasteiger partial charge in [0.15, 0.2) is 6.10 Å². The molecule has 2 unspecified atom stereocenters. The molecule has 0 aliphatic carbocycles. The molecule has 9 nitrogen and oxygen atoms in total. The van der Waals surface area contributed by atoms with E-state index in [1.165, 1.54) is 347 Å². The number of carbonyl (C=O) groups is 3. The fourth-order valence-electron chi connectivity index (χ4n) is 12.3. The van der Waals surface area contributed by atoms with Crippen molar-refractivity contribution in [2.75, 3.05) is 47.5 Å². The number of ether oxygens (including phenoxy) is 4. The molecule has 0 rings (SSSR count). The van der Waals surface area contributed by atoms with Crippen molar-refractivity contribution >= 4 is 17.9 Å². The summed E-state index contributed by atoms with van der Waals surface area (Å²) >= 11 is 0. The quantitative estimate of drug-likeness (QED) is 0.0211. The molecule has 1 N–H and O–H groups in total. The van der Waals surface area contributed by atoms with Crippen molar-refractivity contribution in [3.8, 4) is 0 Å². The number of likely N-dealkylation sites (N-methyl/N-ethyl adjacent to an activating group) is 1. The van der Waals surface area contributed by atoms with Gasteiger partial charge in [0.1, 0.15) is 13.2 Å². The van der Waals surface area contributed by atoms with Crippen LogP contribution in [-0.4, -0.2) is 87.4 Å². The summed E-state index contributed by atoms with van der Waals surface area (Å²) in [6.45, 7) is 4.96. The molecule has 0 heterocycles. The summed E-state index contributed by atoms with van der Waals surface area (Å²) in [7, 11) is 6.00. The normalized spacial score (nSPS) is 12.7. The number of aliphatic carboxylic acids is 1. The summed E-state index contributed by atoms with van der Waals surface area (Å²) in [5.41, 5.74) is 0. The van der Waals surface area contributed by atoms with E-state index in [1.54, 1.807) is 0 Å². The number of nitrogens with zero attached hydrogens (tertiary/aromatic N) is 1. The molecule has 532 valence electrons. The molecule has 9 heteroatoms. The number of rotatable bonds is 76. The van der Waals surface area contributed by atoms with Gasteiger partial charge < -0.3 is 28.5 Å². The Labute approximate surface area is 560 Å². The monoisotopic (exact) mass is 1270 g/mol. The molecule has 0 bridgehead atoms. The first-order valence-electron chi connectivity index (χ1n) is 40.0. The van der Waals surface area contributed by atoms with Crippen LogP contribution >= 0.6 is 0 Å². The van der Waals surface area contributed by atoms with Crippen LogP contribution in [0.5, 0.6) is 0 Å². The molecule has 0 aromatic rings. The summed E-state index contributed by atoms with van der Waals surface area (Å²) in [4.78, 5) is 37.7. The number of esters is 2. The zero-order valence-electron chi connectivity index (χ0n) is 61.1. The third-order valence-electron chi connectivity index (χ3n) is 18.5. The molecule has 0 saturated carbocycles. The van der Waals surface area contributed by atoms with Crippen LogP contribution in [0.3, 0.4) is 0 Å². The predicted molar refractivity (Wildman–Crippen MR) is 388 cm³/mol. The van der Waals surface area contributed by atoms with Crippen molar-refractivity contribution in [2.45, 2.75) is 431 Å². The number of quaternary nitrogens is 1. The Morgan fingerprint density at radius 3 is 0.878 bits per heavy atom. The molecule has 0 aliphatic heterocycles. The van der Waals surface area contributed by atoms with Crippen LogP contribution in [0.1, 0.15) is 418 Å². The Morgan fingerprint density at radius 1 is 0.333 bits per heavy atom. The minimum atomic E-state index is -1.51. The highest BCUT2D eigenvalue weighted by Gasteiger charge is 2.25. The average Bonchev–Trinajstić information content (AvgIpc) is 3.72. The van der Waals surface area contributed by atoms with E-state index in [1.807, 2.05) is 21.1 Å². The van der Waals surface area contributed by atoms with E-state index in [9.17, 15) is 19.5 Å². The third-order valence-corrected chi connectivity index (χ3v) is 18.5. The van der Waals surface area contributed by atoms with Gasteiger partial charge in [0, 0.05) is 12.8 Å². The van der Waals surface area contributed by atoms with Crippen molar-refractivity contribution in [1.29, 1.82) is 0 Å². The van der Waals surface area contributed by atoms with Crippen molar-refractivity contribution in [3.63, 3.8) is 0 Å². The summed E-state index contributed by atoms with van der Waals surface area (Å²) in [6.07, 6.45) is 89.1. The Morgan fingerprint density at radius 2 is 0.600 bits per heavy atom. The van der Waals surface area contributed by atoms with Crippen LogP contribution in [0.2, 0.25) is 0 Å². The first-order chi connectivity index (χ1) is 44.1. The Balaban J connectivity index is 3.97. The van der Waals surface area contributed by atoms with Gasteiger partial charge in [-0.25, -0.2) is 4.79 Å². The van der Waals surface area contributed by atoms with Gasteiger partial charge in [-0.2, -0.15) is 0 Å². The maximum atomic E-state index is 13.0. The predicted octanol–water partition coefficient (Wildman–Crippen LogP) is 25.3. The van der Waals surface area contributed by atoms with E-state index < -0.39 is 18.4 Å². The largest absolute Gasteiger partial charge is 0.477 e. The van der Waals surface area contributed by atoms with E-state index >= 15 is 0 Å². The lowest BCUT2D eigenvalue weighted by atomic mass is 10.0. The first kappa shape index (κ1) is 87.8. The zero-order chi connectivity index (χ0) is 65.4. The Hall–Kier alpha value is -2.23. The minimum Gasteiger partial charge on any atom is -0.477 e. The molecular formula is C81H156NO8+. The second kappa shape index (κ2) is 72.6. The Bertz CT molecular complexity index is 1530. The van der Waals surface area contributed by atoms with E-state index in [4.69, 9.17) is 18.9 Å². The molecule has 2 atom stereocenters. The van der Waals surface area contributed by atoms with Gasteiger partial charge in [0.2, 0.25) is 0 Å². The highest BCUT2D eigenvalue weighted by molar-refractivity contribution is 5.71. The molecule has 0 aliphatic rings. The number of carboxylic acids is 1. The average molecular weight is 1270 g/mol. The van der Waals surface area contributed by atoms with Gasteiger partial charge in [-0.1, -0.05) is 385 Å². The number of hydrogen-bond acceptors (Lipinski definition) is 7. The van der Waals surface area contributed by atoms with Gasteiger partial charge in [-0.05, 0) is 44.9 Å². The molecule has 0 radical (unpaired) electrons. The number of hydrogen-bond donors (Lipinski definition) is 1. The lowest BCUT2D eigenvalue weighted by molar-refractivity contribution is -0.870. The van der Waals surface area contributed by atoms with Crippen LogP contribution in [0.4, 0.5) is 0 Å². The van der Waals surface area contributed by atoms with Gasteiger partial charge in [0.05, 0.1) is 34.4 Å². The lowest BCUT2D eigenvalue weighted by Crippen LogP contribution is -2.40. The number of carboxylic acid groups (broad SMARTS) is 1. The zero-order valence-corrected chi connectivity index (χ0v) is 61.1. The lowest BCUT2D eigenvalue weighted by Gasteiger charge is -2.25. The maximum absolute atomic E-state index is 13.0. The third kappa shape index (κ3) is 73.2. The maximum Gasteiger partial charge on any atom is 0.361 e. The molecular weight excluding hydrogens is 1110 g/mol. The van der Waals surface area contributed by atoms with Gasteiger partial charge >= 0.3 is 17.9 Å². The minimum absolute atomic E-state index is 0.174. The van der Waals surface area contributed by atoms with Crippen LogP contribution in [-0.2, 0) is 33.3 Å². The van der Waals surface area contributed by atoms with E-state index in [2.05, 4.69) is 38.2 Å². The van der Waals surface area contributed by atoms with Crippen LogP contribution in [0, 0.1) is 0 Å². The van der Waals surface area contributed by atoms with Crippen LogP contribution in [0.25, 0.3) is 0 Å². The second-order valence-corrected chi connectivity index (χ2v) is 28.7. The summed E-state index contributed by atoms with van der Waals surface area (Å²) in [5.74, 6) is -1.97. The molecule has 0 spiro atoms. The summed E-state index contributed by atoms with van der Waals surface area (Å²) in [5, 5.41) is 9.77. The first-order valence-corrected chi connectivity index (χ1v) is 40.0. The summed E-state index contributed by atoms with van der Waals surface area (Å²) < 4.78 is 23.1. The number of unbranched alkanes of at least 4 members (excludes halogenated alkanes) is 57. The number of allylic oxidation sites excluding steroid dienone is 4. The number of carbonyl (C=O) groups excluding carboxylic acids is 2. The van der Waals surface area contributed by atoms with E-state index in [0.29, 0.717) is 17.4 Å². The van der Waals surface area contributed by atoms with Crippen molar-refractivity contribution < 1.29 is 42.9 Å². The smallest absolute Gasteiger partial charge is 0.361 e. The topological polar surface area (TPSA) is 108 Å². The van der Waals surface area contributed by atoms with Crippen molar-refractivity contribution in [2.24, 2.45) is 0 Å². The van der Waals surface area contributed by atoms with Gasteiger partial charge in [0.25, 0.3) is 6.29 Å². The van der Waals surface area contributed by atoms with Crippen molar-refractivity contribution in [1.82, 2.24) is 0 Å². The molecule has 90 heavy (non-hydrogen) atoms. The van der Waals surface area contributed by atoms with Crippen LogP contribution < -0.4 is 0 Å². The molecule has 0 aromatic heterocycles. The summed E-state index contributed by atoms with van der Waals surface area (Å²) in [6, 6.07) is 0. The highest BCUT2D eigenvalue weighted by atomic mass is 16.7. The standard InChI is InChI=1S/C81H155NO8/c1-6-8-10-12-14-16-18-20-22-24-26-28-30-32-34-36-38-40-42-44-46-48-50-52-54-56-58-60-62-64-66-68-70-72-79(84)90-77(76-89-81(80(85)86)87-74-73-82(3,4)5)75-88-78(83)71-69-67-65-63-61-59-57-55-53-51-49-47-45-43-41-39-37-35-33-31-29-27-25-23-21-19-17-15-13-11-9-7-2/h18,20,24,26,77,81H,6-17,19,21-23,25,27-76H2,1-5H3/p+1/b20-18-,26-24-. The van der Waals surface area contributed by atoms with E-state index in [0.717, 1.165) is 44.9 Å². The van der Waals surface area contributed by atoms with E-state index in [-0.39, 0.29) is 38.2 Å². The fourth-order valence-corrected chi connectivity index (χ4v) is 12.3. The molecule has 0 aromatic carbocycles. The van der Waals surface area contributed by atoms with Crippen LogP contribution in [0.15, 0.2) is 24.3 Å². The van der Waals surface area contributed by atoms with Gasteiger partial charge in [-0.3, -0.25) is 9.59 Å².